The quantitative estimate of drug-likeness (QED) is 0.683. The van der Waals surface area contributed by atoms with Crippen LogP contribution in [0.25, 0.3) is 0 Å². The van der Waals surface area contributed by atoms with Gasteiger partial charge < -0.3 is 9.26 Å². The molecular weight excluding hydrogens is 156 g/mol. The number of ether oxygens (including phenoxy) is 1. The third-order valence-corrected chi connectivity index (χ3v) is 2.18. The van der Waals surface area contributed by atoms with Crippen LogP contribution in [0.3, 0.4) is 0 Å². The number of nitrogens with zero attached hydrogens (tertiary/aromatic N) is 2. The standard InChI is InChI=1S/C8H12N2O2/c1-5-3-6(5)8-9-7(4-11-2)10-12-8/h5-6H,3-4H2,1-2H3/t5-,6-/m0/s1. The molecule has 1 saturated carbocycles. The normalized spacial score (nSPS) is 27.5. The zero-order valence-corrected chi connectivity index (χ0v) is 7.28. The SMILES string of the molecule is COCc1noc([C@H]2C[C@@H]2C)n1. The lowest BCUT2D eigenvalue weighted by Crippen LogP contribution is -1.90. The summed E-state index contributed by atoms with van der Waals surface area (Å²) in [4.78, 5) is 4.21. The summed E-state index contributed by atoms with van der Waals surface area (Å²) in [5, 5.41) is 3.79. The van der Waals surface area contributed by atoms with Gasteiger partial charge in [-0.15, -0.1) is 0 Å². The van der Waals surface area contributed by atoms with Crippen molar-refractivity contribution in [1.29, 1.82) is 0 Å². The molecule has 0 aromatic carbocycles. The summed E-state index contributed by atoms with van der Waals surface area (Å²) in [6.07, 6.45) is 1.18. The van der Waals surface area contributed by atoms with E-state index in [1.165, 1.54) is 6.42 Å². The Labute approximate surface area is 70.9 Å². The number of rotatable bonds is 3. The minimum atomic E-state index is 0.435. The van der Waals surface area contributed by atoms with Crippen molar-refractivity contribution in [1.82, 2.24) is 10.1 Å². The minimum absolute atomic E-state index is 0.435. The summed E-state index contributed by atoms with van der Waals surface area (Å²) in [5.74, 6) is 2.63. The van der Waals surface area contributed by atoms with Crippen LogP contribution in [0.15, 0.2) is 4.52 Å². The Morgan fingerprint density at radius 1 is 1.67 bits per heavy atom. The molecule has 1 heterocycles. The average Bonchev–Trinajstić information content (AvgIpc) is 2.62. The number of hydrogen-bond acceptors (Lipinski definition) is 4. The largest absolute Gasteiger partial charge is 0.377 e. The predicted octanol–water partition coefficient (Wildman–Crippen LogP) is 1.34. The van der Waals surface area contributed by atoms with Crippen LogP contribution in [0.1, 0.15) is 31.0 Å². The van der Waals surface area contributed by atoms with Crippen molar-refractivity contribution in [3.8, 4) is 0 Å². The zero-order chi connectivity index (χ0) is 8.55. The van der Waals surface area contributed by atoms with Gasteiger partial charge in [0, 0.05) is 13.0 Å². The Morgan fingerprint density at radius 2 is 2.42 bits per heavy atom. The van der Waals surface area contributed by atoms with Crippen molar-refractivity contribution in [2.45, 2.75) is 25.9 Å². The molecule has 0 amide bonds. The smallest absolute Gasteiger partial charge is 0.230 e. The first-order chi connectivity index (χ1) is 5.81. The van der Waals surface area contributed by atoms with E-state index in [4.69, 9.17) is 9.26 Å². The van der Waals surface area contributed by atoms with Gasteiger partial charge in [0.1, 0.15) is 6.61 Å². The maximum absolute atomic E-state index is 5.07. The maximum Gasteiger partial charge on any atom is 0.230 e. The van der Waals surface area contributed by atoms with E-state index in [2.05, 4.69) is 17.1 Å². The fourth-order valence-corrected chi connectivity index (χ4v) is 1.27. The van der Waals surface area contributed by atoms with Gasteiger partial charge in [-0.25, -0.2) is 0 Å². The summed E-state index contributed by atoms with van der Waals surface area (Å²) >= 11 is 0. The van der Waals surface area contributed by atoms with Crippen LogP contribution >= 0.6 is 0 Å². The van der Waals surface area contributed by atoms with E-state index in [0.29, 0.717) is 24.3 Å². The van der Waals surface area contributed by atoms with Gasteiger partial charge in [0.2, 0.25) is 5.89 Å². The molecule has 0 saturated heterocycles. The highest BCUT2D eigenvalue weighted by molar-refractivity contribution is 5.05. The minimum Gasteiger partial charge on any atom is -0.377 e. The van der Waals surface area contributed by atoms with E-state index in [-0.39, 0.29) is 0 Å². The number of methoxy groups -OCH3 is 1. The predicted molar refractivity (Wildman–Crippen MR) is 41.5 cm³/mol. The van der Waals surface area contributed by atoms with Crippen molar-refractivity contribution in [2.24, 2.45) is 5.92 Å². The molecular formula is C8H12N2O2. The summed E-state index contributed by atoms with van der Waals surface area (Å²) < 4.78 is 9.95. The Bertz CT molecular complexity index is 272. The summed E-state index contributed by atoms with van der Waals surface area (Å²) in [6.45, 7) is 2.62. The van der Waals surface area contributed by atoms with Crippen LogP contribution in [0.5, 0.6) is 0 Å². The second-order valence-electron chi connectivity index (χ2n) is 3.30. The highest BCUT2D eigenvalue weighted by Crippen LogP contribution is 2.45. The molecule has 1 aliphatic carbocycles. The summed E-state index contributed by atoms with van der Waals surface area (Å²) in [6, 6.07) is 0. The van der Waals surface area contributed by atoms with E-state index in [1.807, 2.05) is 0 Å². The molecule has 0 radical (unpaired) electrons. The Morgan fingerprint density at radius 3 is 3.00 bits per heavy atom. The first-order valence-electron chi connectivity index (χ1n) is 4.12. The first-order valence-corrected chi connectivity index (χ1v) is 4.12. The molecule has 1 aromatic heterocycles. The Balaban J connectivity index is 2.04. The van der Waals surface area contributed by atoms with Gasteiger partial charge >= 0.3 is 0 Å². The average molecular weight is 168 g/mol. The third kappa shape index (κ3) is 1.34. The molecule has 2 rings (SSSR count). The highest BCUT2D eigenvalue weighted by atomic mass is 16.5. The molecule has 0 spiro atoms. The molecule has 12 heavy (non-hydrogen) atoms. The van der Waals surface area contributed by atoms with Gasteiger partial charge in [0.15, 0.2) is 5.82 Å². The zero-order valence-electron chi connectivity index (χ0n) is 7.28. The second-order valence-corrected chi connectivity index (χ2v) is 3.30. The summed E-state index contributed by atoms with van der Waals surface area (Å²) in [5.41, 5.74) is 0. The summed E-state index contributed by atoms with van der Waals surface area (Å²) in [7, 11) is 1.62. The van der Waals surface area contributed by atoms with Crippen LogP contribution < -0.4 is 0 Å². The van der Waals surface area contributed by atoms with E-state index in [9.17, 15) is 0 Å². The van der Waals surface area contributed by atoms with Crippen molar-refractivity contribution in [3.05, 3.63) is 11.7 Å². The molecule has 1 aromatic rings. The van der Waals surface area contributed by atoms with Gasteiger partial charge in [0.25, 0.3) is 0 Å². The highest BCUT2D eigenvalue weighted by Gasteiger charge is 2.38. The molecule has 4 heteroatoms. The topological polar surface area (TPSA) is 48.2 Å². The molecule has 1 aliphatic rings. The molecule has 2 atom stereocenters. The molecule has 66 valence electrons. The van der Waals surface area contributed by atoms with Crippen molar-refractivity contribution >= 4 is 0 Å². The molecule has 0 bridgehead atoms. The molecule has 0 N–H and O–H groups in total. The molecule has 1 fully saturated rings. The Kier molecular flexibility index (Phi) is 1.84. The van der Waals surface area contributed by atoms with Gasteiger partial charge in [-0.1, -0.05) is 12.1 Å². The molecule has 0 unspecified atom stereocenters. The lowest BCUT2D eigenvalue weighted by atomic mass is 10.3. The number of aromatic nitrogens is 2. The van der Waals surface area contributed by atoms with Crippen LogP contribution in [0.4, 0.5) is 0 Å². The fourth-order valence-electron chi connectivity index (χ4n) is 1.27. The molecule has 4 nitrogen and oxygen atoms in total. The van der Waals surface area contributed by atoms with Crippen LogP contribution in [0, 0.1) is 5.92 Å². The van der Waals surface area contributed by atoms with Crippen molar-refractivity contribution < 1.29 is 9.26 Å². The van der Waals surface area contributed by atoms with Gasteiger partial charge in [-0.2, -0.15) is 4.98 Å². The van der Waals surface area contributed by atoms with Crippen LogP contribution in [0.2, 0.25) is 0 Å². The van der Waals surface area contributed by atoms with Crippen LogP contribution in [-0.2, 0) is 11.3 Å². The maximum atomic E-state index is 5.07. The Hall–Kier alpha value is -0.900. The van der Waals surface area contributed by atoms with Gasteiger partial charge in [-0.05, 0) is 12.3 Å². The van der Waals surface area contributed by atoms with Gasteiger partial charge in [0.05, 0.1) is 0 Å². The van der Waals surface area contributed by atoms with Crippen molar-refractivity contribution in [3.63, 3.8) is 0 Å². The lowest BCUT2D eigenvalue weighted by molar-refractivity contribution is 0.174. The second kappa shape index (κ2) is 2.86. The molecule has 0 aliphatic heterocycles. The van der Waals surface area contributed by atoms with Gasteiger partial charge in [-0.3, -0.25) is 0 Å². The fraction of sp³-hybridized carbons (Fsp3) is 0.750. The third-order valence-electron chi connectivity index (χ3n) is 2.18. The van der Waals surface area contributed by atoms with E-state index < -0.39 is 0 Å². The first kappa shape index (κ1) is 7.73. The number of hydrogen-bond donors (Lipinski definition) is 0. The van der Waals surface area contributed by atoms with Crippen LogP contribution in [-0.4, -0.2) is 17.3 Å². The van der Waals surface area contributed by atoms with E-state index in [1.54, 1.807) is 7.11 Å². The van der Waals surface area contributed by atoms with Crippen molar-refractivity contribution in [2.75, 3.05) is 7.11 Å². The van der Waals surface area contributed by atoms with E-state index in [0.717, 1.165) is 5.89 Å². The monoisotopic (exact) mass is 168 g/mol. The van der Waals surface area contributed by atoms with E-state index >= 15 is 0 Å². The lowest BCUT2D eigenvalue weighted by Gasteiger charge is -1.86.